The van der Waals surface area contributed by atoms with Crippen LogP contribution in [0.3, 0.4) is 0 Å². The Morgan fingerprint density at radius 3 is 2.23 bits per heavy atom. The summed E-state index contributed by atoms with van der Waals surface area (Å²) in [4.78, 5) is 38.3. The molecule has 3 rings (SSSR count). The second-order valence-corrected chi connectivity index (χ2v) is 10.2. The van der Waals surface area contributed by atoms with Crippen LogP contribution in [0.5, 0.6) is 0 Å². The molecule has 0 saturated carbocycles. The fourth-order valence-electron chi connectivity index (χ4n) is 3.63. The lowest BCUT2D eigenvalue weighted by Gasteiger charge is -2.18. The van der Waals surface area contributed by atoms with Crippen molar-refractivity contribution in [2.45, 2.75) is 39.1 Å². The number of sulfonamides is 1. The number of benzene rings is 2. The molecule has 186 valence electrons. The van der Waals surface area contributed by atoms with Gasteiger partial charge in [0.25, 0.3) is 17.4 Å². The number of hydrogen-bond donors (Lipinski definition) is 2. The van der Waals surface area contributed by atoms with Crippen molar-refractivity contribution in [1.82, 2.24) is 24.9 Å². The molecular formula is C24H29N5O5S. The third-order valence-corrected chi connectivity index (χ3v) is 7.40. The first-order chi connectivity index (χ1) is 16.6. The van der Waals surface area contributed by atoms with Crippen LogP contribution in [0.4, 0.5) is 0 Å². The number of carbonyl (C=O) groups is 2. The van der Waals surface area contributed by atoms with Gasteiger partial charge >= 0.3 is 0 Å². The Kier molecular flexibility index (Phi) is 8.03. The topological polar surface area (TPSA) is 130 Å². The molecule has 0 bridgehead atoms. The van der Waals surface area contributed by atoms with E-state index in [9.17, 15) is 22.8 Å². The van der Waals surface area contributed by atoms with Gasteiger partial charge in [0.1, 0.15) is 0 Å². The van der Waals surface area contributed by atoms with Crippen LogP contribution in [0.1, 0.15) is 48.5 Å². The quantitative estimate of drug-likeness (QED) is 0.457. The molecule has 2 aromatic carbocycles. The first-order valence-corrected chi connectivity index (χ1v) is 12.7. The van der Waals surface area contributed by atoms with Crippen LogP contribution in [0.2, 0.25) is 0 Å². The van der Waals surface area contributed by atoms with Crippen molar-refractivity contribution in [1.29, 1.82) is 0 Å². The minimum absolute atomic E-state index is 0.0148. The van der Waals surface area contributed by atoms with E-state index in [2.05, 4.69) is 16.0 Å². The summed E-state index contributed by atoms with van der Waals surface area (Å²) in [5.74, 6) is -1.29. The van der Waals surface area contributed by atoms with Crippen molar-refractivity contribution in [3.8, 4) is 0 Å². The Labute approximate surface area is 204 Å². The monoisotopic (exact) mass is 499 g/mol. The van der Waals surface area contributed by atoms with Crippen molar-refractivity contribution < 1.29 is 18.0 Å². The van der Waals surface area contributed by atoms with Crippen LogP contribution in [0, 0.1) is 5.92 Å². The molecular weight excluding hydrogens is 470 g/mol. The van der Waals surface area contributed by atoms with Crippen LogP contribution in [0.25, 0.3) is 10.8 Å². The number of amides is 2. The number of carbonyl (C=O) groups excluding carboxylic acids is 2. The van der Waals surface area contributed by atoms with Gasteiger partial charge in [0.05, 0.1) is 10.3 Å². The Balaban J connectivity index is 1.85. The molecule has 0 spiro atoms. The summed E-state index contributed by atoms with van der Waals surface area (Å²) < 4.78 is 28.1. The fraction of sp³-hybridized carbons (Fsp3) is 0.333. The zero-order valence-corrected chi connectivity index (χ0v) is 20.9. The highest BCUT2D eigenvalue weighted by molar-refractivity contribution is 7.89. The van der Waals surface area contributed by atoms with Gasteiger partial charge in [0.2, 0.25) is 10.0 Å². The van der Waals surface area contributed by atoms with Crippen molar-refractivity contribution in [2.24, 2.45) is 5.92 Å². The molecule has 0 fully saturated rings. The molecule has 0 aliphatic rings. The summed E-state index contributed by atoms with van der Waals surface area (Å²) in [6.07, 6.45) is 0. The summed E-state index contributed by atoms with van der Waals surface area (Å²) in [7, 11) is -3.75. The highest BCUT2D eigenvalue weighted by atomic mass is 32.2. The SMILES string of the molecule is CCN(CC)S(=O)(=O)c1cccc(C(=O)NNC(=O)c2nn(CC(C)C)c(=O)c3ccccc23)c1. The van der Waals surface area contributed by atoms with E-state index in [1.54, 1.807) is 38.1 Å². The van der Waals surface area contributed by atoms with Gasteiger partial charge in [-0.2, -0.15) is 9.40 Å². The molecule has 11 heteroatoms. The van der Waals surface area contributed by atoms with E-state index in [0.717, 1.165) is 0 Å². The van der Waals surface area contributed by atoms with Gasteiger partial charge in [-0.3, -0.25) is 25.2 Å². The Morgan fingerprint density at radius 1 is 0.971 bits per heavy atom. The molecule has 0 unspecified atom stereocenters. The van der Waals surface area contributed by atoms with Crippen LogP contribution in [0.15, 0.2) is 58.2 Å². The lowest BCUT2D eigenvalue weighted by atomic mass is 10.1. The van der Waals surface area contributed by atoms with Gasteiger partial charge < -0.3 is 0 Å². The van der Waals surface area contributed by atoms with Crippen LogP contribution < -0.4 is 16.4 Å². The number of nitrogens with zero attached hydrogens (tertiary/aromatic N) is 3. The second kappa shape index (κ2) is 10.8. The Bertz CT molecular complexity index is 1410. The number of rotatable bonds is 8. The summed E-state index contributed by atoms with van der Waals surface area (Å²) in [5.41, 5.74) is 4.35. The Hall–Kier alpha value is -3.57. The zero-order valence-electron chi connectivity index (χ0n) is 20.1. The lowest BCUT2D eigenvalue weighted by Crippen LogP contribution is -2.43. The summed E-state index contributed by atoms with van der Waals surface area (Å²) in [6.45, 7) is 8.24. The average molecular weight is 500 g/mol. The smallest absolute Gasteiger partial charge is 0.267 e. The molecule has 1 heterocycles. The first kappa shape index (κ1) is 26.0. The number of hydrazine groups is 1. The van der Waals surface area contributed by atoms with Gasteiger partial charge in [-0.1, -0.05) is 52.0 Å². The average Bonchev–Trinajstić information content (AvgIpc) is 2.84. The largest absolute Gasteiger partial charge is 0.290 e. The molecule has 2 amide bonds. The molecule has 0 aliphatic carbocycles. The third kappa shape index (κ3) is 5.57. The number of nitrogens with one attached hydrogen (secondary N) is 2. The Morgan fingerprint density at radius 2 is 1.60 bits per heavy atom. The molecule has 0 aliphatic heterocycles. The van der Waals surface area contributed by atoms with Crippen molar-refractivity contribution in [3.05, 3.63) is 70.1 Å². The van der Waals surface area contributed by atoms with E-state index < -0.39 is 21.8 Å². The minimum atomic E-state index is -3.75. The molecule has 0 radical (unpaired) electrons. The van der Waals surface area contributed by atoms with E-state index in [1.165, 1.54) is 33.3 Å². The van der Waals surface area contributed by atoms with Gasteiger partial charge in [-0.25, -0.2) is 13.1 Å². The van der Waals surface area contributed by atoms with E-state index in [0.29, 0.717) is 30.4 Å². The van der Waals surface area contributed by atoms with E-state index in [1.807, 2.05) is 13.8 Å². The van der Waals surface area contributed by atoms with Crippen molar-refractivity contribution in [3.63, 3.8) is 0 Å². The normalized spacial score (nSPS) is 11.7. The molecule has 10 nitrogen and oxygen atoms in total. The second-order valence-electron chi connectivity index (χ2n) is 8.30. The number of hydrogen-bond acceptors (Lipinski definition) is 6. The van der Waals surface area contributed by atoms with Gasteiger partial charge in [0.15, 0.2) is 5.69 Å². The van der Waals surface area contributed by atoms with E-state index in [-0.39, 0.29) is 27.6 Å². The van der Waals surface area contributed by atoms with Gasteiger partial charge in [-0.05, 0) is 30.2 Å². The van der Waals surface area contributed by atoms with Crippen molar-refractivity contribution in [2.75, 3.05) is 13.1 Å². The summed E-state index contributed by atoms with van der Waals surface area (Å²) >= 11 is 0. The van der Waals surface area contributed by atoms with Gasteiger partial charge in [0, 0.05) is 30.6 Å². The van der Waals surface area contributed by atoms with E-state index >= 15 is 0 Å². The van der Waals surface area contributed by atoms with Crippen LogP contribution >= 0.6 is 0 Å². The van der Waals surface area contributed by atoms with Gasteiger partial charge in [-0.15, -0.1) is 0 Å². The minimum Gasteiger partial charge on any atom is -0.267 e. The highest BCUT2D eigenvalue weighted by Crippen LogP contribution is 2.17. The summed E-state index contributed by atoms with van der Waals surface area (Å²) in [5, 5.41) is 4.93. The maximum absolute atomic E-state index is 12.9. The number of aromatic nitrogens is 2. The first-order valence-electron chi connectivity index (χ1n) is 11.3. The molecule has 3 aromatic rings. The number of fused-ring (bicyclic) bond motifs is 1. The molecule has 0 atom stereocenters. The molecule has 35 heavy (non-hydrogen) atoms. The fourth-order valence-corrected chi connectivity index (χ4v) is 5.13. The maximum atomic E-state index is 12.9. The molecule has 1 aromatic heterocycles. The zero-order chi connectivity index (χ0) is 25.8. The lowest BCUT2D eigenvalue weighted by molar-refractivity contribution is 0.0843. The van der Waals surface area contributed by atoms with Crippen molar-refractivity contribution >= 4 is 32.6 Å². The standard InChI is InChI=1S/C24H29N5O5S/c1-5-28(6-2)35(33,34)18-11-9-10-17(14-18)22(30)25-26-23(31)21-19-12-7-8-13-20(19)24(32)29(27-21)15-16(3)4/h7-14,16H,5-6,15H2,1-4H3,(H,25,30)(H,26,31). The predicted octanol–water partition coefficient (Wildman–Crippen LogP) is 2.16. The van der Waals surface area contributed by atoms with Crippen LogP contribution in [-0.2, 0) is 16.6 Å². The molecule has 2 N–H and O–H groups in total. The van der Waals surface area contributed by atoms with E-state index in [4.69, 9.17) is 0 Å². The highest BCUT2D eigenvalue weighted by Gasteiger charge is 2.23. The maximum Gasteiger partial charge on any atom is 0.290 e. The predicted molar refractivity (Wildman–Crippen MR) is 132 cm³/mol. The third-order valence-electron chi connectivity index (χ3n) is 5.35. The van der Waals surface area contributed by atoms with Crippen LogP contribution in [-0.4, -0.2) is 47.4 Å². The molecule has 0 saturated heterocycles. The summed E-state index contributed by atoms with van der Waals surface area (Å²) in [6, 6.07) is 12.2.